The van der Waals surface area contributed by atoms with Crippen molar-refractivity contribution in [3.63, 3.8) is 0 Å². The third kappa shape index (κ3) is 3.37. The number of hydrogen-bond acceptors (Lipinski definition) is 1. The van der Waals surface area contributed by atoms with Crippen molar-refractivity contribution in [3.8, 4) is 0 Å². The summed E-state index contributed by atoms with van der Waals surface area (Å²) in [5, 5.41) is 8.34. The first kappa shape index (κ1) is 9.04. The van der Waals surface area contributed by atoms with Gasteiger partial charge in [0.25, 0.3) is 0 Å². The van der Waals surface area contributed by atoms with Gasteiger partial charge in [0.1, 0.15) is 0 Å². The number of carbonyl (C=O) groups is 1. The summed E-state index contributed by atoms with van der Waals surface area (Å²) >= 11 is 0. The fourth-order valence-corrected chi connectivity index (χ4v) is 1.40. The van der Waals surface area contributed by atoms with Crippen LogP contribution in [0.4, 0.5) is 0 Å². The van der Waals surface area contributed by atoms with Crippen molar-refractivity contribution in [1.29, 1.82) is 0 Å². The fraction of sp³-hybridized carbons (Fsp3) is 0.500. The van der Waals surface area contributed by atoms with Crippen LogP contribution in [0.1, 0.15) is 32.1 Å². The third-order valence-electron chi connectivity index (χ3n) is 2.03. The van der Waals surface area contributed by atoms with Gasteiger partial charge in [-0.3, -0.25) is 0 Å². The minimum atomic E-state index is -0.855. The lowest BCUT2D eigenvalue weighted by Gasteiger charge is -2.09. The van der Waals surface area contributed by atoms with Gasteiger partial charge in [-0.25, -0.2) is 4.79 Å². The maximum Gasteiger partial charge on any atom is 0.327 e. The van der Waals surface area contributed by atoms with Crippen molar-refractivity contribution in [1.82, 2.24) is 0 Å². The Labute approximate surface area is 72.6 Å². The molecule has 0 bridgehead atoms. The van der Waals surface area contributed by atoms with Crippen molar-refractivity contribution >= 4 is 5.97 Å². The first-order chi connectivity index (χ1) is 5.79. The molecule has 0 aromatic rings. The predicted molar refractivity (Wildman–Crippen MR) is 47.9 cm³/mol. The SMILES string of the molecule is O=C(O)C=CCC1=CCCCC1. The fourth-order valence-electron chi connectivity index (χ4n) is 1.40. The van der Waals surface area contributed by atoms with E-state index in [4.69, 9.17) is 5.11 Å². The monoisotopic (exact) mass is 166 g/mol. The average Bonchev–Trinajstić information content (AvgIpc) is 2.05. The molecule has 1 aliphatic carbocycles. The highest BCUT2D eigenvalue weighted by Gasteiger charge is 2.00. The summed E-state index contributed by atoms with van der Waals surface area (Å²) in [5.41, 5.74) is 1.39. The zero-order valence-electron chi connectivity index (χ0n) is 7.12. The average molecular weight is 166 g/mol. The van der Waals surface area contributed by atoms with Crippen LogP contribution in [0.5, 0.6) is 0 Å². The minimum Gasteiger partial charge on any atom is -0.478 e. The summed E-state index contributed by atoms with van der Waals surface area (Å²) in [6.45, 7) is 0. The van der Waals surface area contributed by atoms with Crippen LogP contribution in [-0.4, -0.2) is 11.1 Å². The van der Waals surface area contributed by atoms with Crippen LogP contribution < -0.4 is 0 Å². The summed E-state index contributed by atoms with van der Waals surface area (Å²) in [6, 6.07) is 0. The van der Waals surface area contributed by atoms with E-state index >= 15 is 0 Å². The Morgan fingerprint density at radius 3 is 3.00 bits per heavy atom. The molecule has 1 rings (SSSR count). The second-order valence-electron chi connectivity index (χ2n) is 3.05. The van der Waals surface area contributed by atoms with Gasteiger partial charge in [0.15, 0.2) is 0 Å². The van der Waals surface area contributed by atoms with Crippen LogP contribution in [-0.2, 0) is 4.79 Å². The Hall–Kier alpha value is -1.05. The highest BCUT2D eigenvalue weighted by Crippen LogP contribution is 2.19. The molecule has 1 aliphatic rings. The van der Waals surface area contributed by atoms with Gasteiger partial charge in [-0.2, -0.15) is 0 Å². The van der Waals surface area contributed by atoms with Crippen LogP contribution in [0.15, 0.2) is 23.8 Å². The summed E-state index contributed by atoms with van der Waals surface area (Å²) < 4.78 is 0. The van der Waals surface area contributed by atoms with Gasteiger partial charge in [-0.05, 0) is 32.1 Å². The van der Waals surface area contributed by atoms with E-state index in [0.29, 0.717) is 0 Å². The first-order valence-corrected chi connectivity index (χ1v) is 4.36. The largest absolute Gasteiger partial charge is 0.478 e. The van der Waals surface area contributed by atoms with Gasteiger partial charge in [0, 0.05) is 6.08 Å². The molecule has 0 saturated heterocycles. The van der Waals surface area contributed by atoms with E-state index in [-0.39, 0.29) is 0 Å². The van der Waals surface area contributed by atoms with Gasteiger partial charge in [-0.15, -0.1) is 0 Å². The summed E-state index contributed by atoms with van der Waals surface area (Å²) in [4.78, 5) is 10.1. The molecule has 2 nitrogen and oxygen atoms in total. The van der Waals surface area contributed by atoms with Crippen LogP contribution in [0.25, 0.3) is 0 Å². The maximum atomic E-state index is 10.1. The Morgan fingerprint density at radius 2 is 2.42 bits per heavy atom. The Morgan fingerprint density at radius 1 is 1.58 bits per heavy atom. The predicted octanol–water partition coefficient (Wildman–Crippen LogP) is 2.52. The van der Waals surface area contributed by atoms with E-state index in [1.165, 1.54) is 24.5 Å². The number of carboxylic acids is 1. The van der Waals surface area contributed by atoms with Crippen LogP contribution in [0.3, 0.4) is 0 Å². The molecular formula is C10H14O2. The molecule has 0 saturated carbocycles. The number of hydrogen-bond donors (Lipinski definition) is 1. The molecule has 0 aromatic carbocycles. The smallest absolute Gasteiger partial charge is 0.327 e. The van der Waals surface area contributed by atoms with Crippen molar-refractivity contribution in [3.05, 3.63) is 23.8 Å². The van der Waals surface area contributed by atoms with Gasteiger partial charge in [-0.1, -0.05) is 17.7 Å². The van der Waals surface area contributed by atoms with Gasteiger partial charge < -0.3 is 5.11 Å². The topological polar surface area (TPSA) is 37.3 Å². The molecular weight excluding hydrogens is 152 g/mol. The van der Waals surface area contributed by atoms with Gasteiger partial charge in [0.05, 0.1) is 0 Å². The summed E-state index contributed by atoms with van der Waals surface area (Å²) in [6.07, 6.45) is 10.8. The van der Waals surface area contributed by atoms with E-state index < -0.39 is 5.97 Å². The van der Waals surface area contributed by atoms with Crippen molar-refractivity contribution < 1.29 is 9.90 Å². The summed E-state index contributed by atoms with van der Waals surface area (Å²) in [5.74, 6) is -0.855. The Balaban J connectivity index is 2.30. The quantitative estimate of drug-likeness (QED) is 0.516. The maximum absolute atomic E-state index is 10.1. The molecule has 1 N–H and O–H groups in total. The molecule has 0 amide bonds. The number of allylic oxidation sites excluding steroid dienone is 3. The molecule has 66 valence electrons. The Kier molecular flexibility index (Phi) is 3.58. The second kappa shape index (κ2) is 4.75. The van der Waals surface area contributed by atoms with E-state index in [1.807, 2.05) is 0 Å². The van der Waals surface area contributed by atoms with Crippen molar-refractivity contribution in [2.75, 3.05) is 0 Å². The van der Waals surface area contributed by atoms with Crippen molar-refractivity contribution in [2.24, 2.45) is 0 Å². The standard InChI is InChI=1S/C10H14O2/c11-10(12)8-4-7-9-5-2-1-3-6-9/h4-5,8H,1-3,6-7H2,(H,11,12). The lowest BCUT2D eigenvalue weighted by molar-refractivity contribution is -0.131. The first-order valence-electron chi connectivity index (χ1n) is 4.36. The molecule has 0 radical (unpaired) electrons. The van der Waals surface area contributed by atoms with E-state index in [2.05, 4.69) is 6.08 Å². The minimum absolute atomic E-state index is 0.812. The lowest BCUT2D eigenvalue weighted by Crippen LogP contribution is -1.91. The highest BCUT2D eigenvalue weighted by atomic mass is 16.4. The number of carboxylic acid groups (broad SMARTS) is 1. The molecule has 0 unspecified atom stereocenters. The molecule has 12 heavy (non-hydrogen) atoms. The summed E-state index contributed by atoms with van der Waals surface area (Å²) in [7, 11) is 0. The molecule has 0 atom stereocenters. The van der Waals surface area contributed by atoms with E-state index in [1.54, 1.807) is 6.08 Å². The zero-order valence-corrected chi connectivity index (χ0v) is 7.12. The third-order valence-corrected chi connectivity index (χ3v) is 2.03. The highest BCUT2D eigenvalue weighted by molar-refractivity contribution is 5.79. The molecule has 2 heteroatoms. The second-order valence-corrected chi connectivity index (χ2v) is 3.05. The molecule has 0 aromatic heterocycles. The molecule has 0 aliphatic heterocycles. The van der Waals surface area contributed by atoms with Crippen LogP contribution >= 0.6 is 0 Å². The van der Waals surface area contributed by atoms with Crippen LogP contribution in [0, 0.1) is 0 Å². The molecule has 0 fully saturated rings. The van der Waals surface area contributed by atoms with Crippen molar-refractivity contribution in [2.45, 2.75) is 32.1 Å². The zero-order chi connectivity index (χ0) is 8.81. The van der Waals surface area contributed by atoms with Gasteiger partial charge >= 0.3 is 5.97 Å². The Bertz CT molecular complexity index is 214. The lowest BCUT2D eigenvalue weighted by atomic mass is 9.97. The molecule has 0 heterocycles. The molecule has 0 spiro atoms. The normalized spacial score (nSPS) is 17.8. The van der Waals surface area contributed by atoms with E-state index in [9.17, 15) is 4.79 Å². The van der Waals surface area contributed by atoms with E-state index in [0.717, 1.165) is 19.3 Å². The number of rotatable bonds is 3. The van der Waals surface area contributed by atoms with Crippen LogP contribution in [0.2, 0.25) is 0 Å². The number of aliphatic carboxylic acids is 1. The van der Waals surface area contributed by atoms with Gasteiger partial charge in [0.2, 0.25) is 0 Å².